The zero-order chi connectivity index (χ0) is 16.4. The van der Waals surface area contributed by atoms with Crippen molar-refractivity contribution in [3.05, 3.63) is 0 Å². The summed E-state index contributed by atoms with van der Waals surface area (Å²) in [6, 6.07) is 0. The van der Waals surface area contributed by atoms with E-state index in [0.717, 1.165) is 23.7 Å². The van der Waals surface area contributed by atoms with Crippen molar-refractivity contribution >= 4 is 0 Å². The average Bonchev–Trinajstić information content (AvgIpc) is 2.77. The molecule has 23 heavy (non-hydrogen) atoms. The lowest BCUT2D eigenvalue weighted by Crippen LogP contribution is -2.53. The van der Waals surface area contributed by atoms with Gasteiger partial charge >= 0.3 is 0 Å². The van der Waals surface area contributed by atoms with E-state index in [0.29, 0.717) is 22.7 Å². The fourth-order valence-electron chi connectivity index (χ4n) is 8.72. The van der Waals surface area contributed by atoms with Crippen LogP contribution >= 0.6 is 0 Å². The van der Waals surface area contributed by atoms with E-state index in [4.69, 9.17) is 0 Å². The molecule has 0 spiro atoms. The first kappa shape index (κ1) is 16.4. The Kier molecular flexibility index (Phi) is 3.91. The molecular formula is C22H38O. The standard InChI is InChI=1S/C22H38O/c1-14-13-19-17-9-8-16-7-5-6-11-21(16,3)18(17)10-12-22(19,4)20(14)15(2)23/h14-20,23H,5-13H2,1-4H3/t14-,15+,16-,17-,18-,19-,20+,21+,22-/m1/s1. The largest absolute Gasteiger partial charge is 0.393 e. The van der Waals surface area contributed by atoms with Gasteiger partial charge in [-0.1, -0.05) is 33.6 Å². The van der Waals surface area contributed by atoms with Gasteiger partial charge in [-0.3, -0.25) is 0 Å². The summed E-state index contributed by atoms with van der Waals surface area (Å²) in [5.74, 6) is 5.09. The quantitative estimate of drug-likeness (QED) is 0.661. The number of hydrogen-bond acceptors (Lipinski definition) is 1. The van der Waals surface area contributed by atoms with Crippen molar-refractivity contribution in [3.63, 3.8) is 0 Å². The van der Waals surface area contributed by atoms with Crippen LogP contribution in [0.5, 0.6) is 0 Å². The van der Waals surface area contributed by atoms with Gasteiger partial charge in [-0.25, -0.2) is 0 Å². The second-order valence-electron chi connectivity index (χ2n) is 10.4. The highest BCUT2D eigenvalue weighted by Crippen LogP contribution is 2.68. The monoisotopic (exact) mass is 318 g/mol. The lowest BCUT2D eigenvalue weighted by molar-refractivity contribution is -0.119. The van der Waals surface area contributed by atoms with Gasteiger partial charge in [0.15, 0.2) is 0 Å². The molecule has 0 aromatic rings. The van der Waals surface area contributed by atoms with Crippen LogP contribution in [-0.4, -0.2) is 11.2 Å². The normalized spacial score (nSPS) is 57.3. The number of aliphatic hydroxyl groups excluding tert-OH is 1. The highest BCUT2D eigenvalue weighted by molar-refractivity contribution is 5.10. The van der Waals surface area contributed by atoms with Gasteiger partial charge in [0.25, 0.3) is 0 Å². The van der Waals surface area contributed by atoms with Crippen LogP contribution < -0.4 is 0 Å². The van der Waals surface area contributed by atoms with Crippen LogP contribution in [0.15, 0.2) is 0 Å². The van der Waals surface area contributed by atoms with E-state index in [9.17, 15) is 5.11 Å². The zero-order valence-corrected chi connectivity index (χ0v) is 15.9. The van der Waals surface area contributed by atoms with Crippen molar-refractivity contribution in [2.75, 3.05) is 0 Å². The predicted octanol–water partition coefficient (Wildman–Crippen LogP) is 5.66. The minimum atomic E-state index is -0.127. The van der Waals surface area contributed by atoms with Gasteiger partial charge in [0.2, 0.25) is 0 Å². The van der Waals surface area contributed by atoms with E-state index in [1.807, 2.05) is 0 Å². The first-order valence-corrected chi connectivity index (χ1v) is 10.6. The van der Waals surface area contributed by atoms with E-state index < -0.39 is 0 Å². The summed E-state index contributed by atoms with van der Waals surface area (Å²) in [6.45, 7) is 9.69. The van der Waals surface area contributed by atoms with Gasteiger partial charge in [-0.15, -0.1) is 0 Å². The van der Waals surface area contributed by atoms with Crippen LogP contribution in [-0.2, 0) is 0 Å². The summed E-state index contributed by atoms with van der Waals surface area (Å²) in [5.41, 5.74) is 1.06. The van der Waals surface area contributed by atoms with E-state index >= 15 is 0 Å². The smallest absolute Gasteiger partial charge is 0.0548 e. The van der Waals surface area contributed by atoms with Crippen molar-refractivity contribution < 1.29 is 5.11 Å². The maximum absolute atomic E-state index is 10.5. The Labute approximate surface area is 143 Å². The minimum absolute atomic E-state index is 0.127. The highest BCUT2D eigenvalue weighted by Gasteiger charge is 2.61. The Morgan fingerprint density at radius 3 is 2.43 bits per heavy atom. The molecule has 1 nitrogen and oxygen atoms in total. The van der Waals surface area contributed by atoms with Crippen molar-refractivity contribution in [1.82, 2.24) is 0 Å². The Bertz CT molecular complexity index is 457. The molecule has 132 valence electrons. The van der Waals surface area contributed by atoms with Crippen LogP contribution in [0.4, 0.5) is 0 Å². The van der Waals surface area contributed by atoms with E-state index in [-0.39, 0.29) is 6.10 Å². The Morgan fingerprint density at radius 1 is 0.913 bits per heavy atom. The first-order valence-electron chi connectivity index (χ1n) is 10.6. The van der Waals surface area contributed by atoms with E-state index in [1.54, 1.807) is 0 Å². The van der Waals surface area contributed by atoms with Gasteiger partial charge in [-0.2, -0.15) is 0 Å². The number of aliphatic hydroxyl groups is 1. The molecule has 0 saturated heterocycles. The molecule has 1 N–H and O–H groups in total. The summed E-state index contributed by atoms with van der Waals surface area (Å²) in [4.78, 5) is 0. The summed E-state index contributed by atoms with van der Waals surface area (Å²) in [7, 11) is 0. The van der Waals surface area contributed by atoms with Crippen molar-refractivity contribution in [3.8, 4) is 0 Å². The molecule has 4 aliphatic rings. The van der Waals surface area contributed by atoms with E-state index in [1.165, 1.54) is 57.8 Å². The molecule has 0 aromatic heterocycles. The van der Waals surface area contributed by atoms with Crippen molar-refractivity contribution in [2.24, 2.45) is 46.3 Å². The van der Waals surface area contributed by atoms with Crippen LogP contribution in [0.1, 0.15) is 85.5 Å². The van der Waals surface area contributed by atoms with Gasteiger partial charge in [-0.05, 0) is 98.2 Å². The third-order valence-corrected chi connectivity index (χ3v) is 9.54. The fraction of sp³-hybridized carbons (Fsp3) is 1.00. The molecule has 0 unspecified atom stereocenters. The molecule has 0 radical (unpaired) electrons. The van der Waals surface area contributed by atoms with Gasteiger partial charge < -0.3 is 5.11 Å². The second kappa shape index (κ2) is 5.48. The second-order valence-corrected chi connectivity index (χ2v) is 10.4. The maximum Gasteiger partial charge on any atom is 0.0548 e. The van der Waals surface area contributed by atoms with Gasteiger partial charge in [0, 0.05) is 0 Å². The maximum atomic E-state index is 10.5. The van der Waals surface area contributed by atoms with Gasteiger partial charge in [0.1, 0.15) is 0 Å². The first-order chi connectivity index (χ1) is 10.9. The predicted molar refractivity (Wildman–Crippen MR) is 96.1 cm³/mol. The van der Waals surface area contributed by atoms with Crippen molar-refractivity contribution in [2.45, 2.75) is 91.6 Å². The van der Waals surface area contributed by atoms with Crippen LogP contribution in [0.25, 0.3) is 0 Å². The Hall–Kier alpha value is -0.0400. The van der Waals surface area contributed by atoms with Crippen LogP contribution in [0.2, 0.25) is 0 Å². The minimum Gasteiger partial charge on any atom is -0.393 e. The molecule has 0 heterocycles. The molecular weight excluding hydrogens is 280 g/mol. The van der Waals surface area contributed by atoms with Crippen molar-refractivity contribution in [1.29, 1.82) is 0 Å². The summed E-state index contributed by atoms with van der Waals surface area (Å²) in [6.07, 6.45) is 13.0. The summed E-state index contributed by atoms with van der Waals surface area (Å²) >= 11 is 0. The fourth-order valence-corrected chi connectivity index (χ4v) is 8.72. The van der Waals surface area contributed by atoms with E-state index in [2.05, 4.69) is 27.7 Å². The van der Waals surface area contributed by atoms with Crippen LogP contribution in [0.3, 0.4) is 0 Å². The molecule has 0 bridgehead atoms. The Balaban J connectivity index is 1.64. The molecule has 4 fully saturated rings. The molecule has 0 amide bonds. The molecule has 0 aliphatic heterocycles. The summed E-state index contributed by atoms with van der Waals surface area (Å²) < 4.78 is 0. The Morgan fingerprint density at radius 2 is 1.70 bits per heavy atom. The molecule has 4 rings (SSSR count). The summed E-state index contributed by atoms with van der Waals surface area (Å²) in [5, 5.41) is 10.5. The molecule has 9 atom stereocenters. The van der Waals surface area contributed by atoms with Gasteiger partial charge in [0.05, 0.1) is 6.10 Å². The molecule has 1 heteroatoms. The number of fused-ring (bicyclic) bond motifs is 5. The number of rotatable bonds is 1. The third kappa shape index (κ3) is 2.21. The highest BCUT2D eigenvalue weighted by atomic mass is 16.3. The SMILES string of the molecule is C[C@H](O)[C@@H]1[C@H](C)C[C@@H]2[C@@H]3CC[C@H]4CCCC[C@]4(C)[C@@H]3CC[C@@]12C. The molecule has 4 saturated carbocycles. The average molecular weight is 319 g/mol. The molecule has 0 aromatic carbocycles. The van der Waals surface area contributed by atoms with Crippen LogP contribution in [0, 0.1) is 46.3 Å². The lowest BCUT2D eigenvalue weighted by Gasteiger charge is -2.60. The third-order valence-electron chi connectivity index (χ3n) is 9.54. The molecule has 4 aliphatic carbocycles. The lowest BCUT2D eigenvalue weighted by atomic mass is 9.45. The topological polar surface area (TPSA) is 20.2 Å². The number of hydrogen-bond donors (Lipinski definition) is 1. The zero-order valence-electron chi connectivity index (χ0n) is 15.9.